The number of hydrogen-bond acceptors (Lipinski definition) is 2. The van der Waals surface area contributed by atoms with Crippen molar-refractivity contribution in [3.63, 3.8) is 0 Å². The highest BCUT2D eigenvalue weighted by molar-refractivity contribution is 7.14. The zero-order valence-corrected chi connectivity index (χ0v) is 12.4. The van der Waals surface area contributed by atoms with Crippen molar-refractivity contribution in [3.8, 4) is 0 Å². The van der Waals surface area contributed by atoms with Crippen LogP contribution in [-0.2, 0) is 12.8 Å². The molecule has 0 N–H and O–H groups in total. The Bertz CT molecular complexity index is 420. The normalized spacial score (nSPS) is 20.5. The molecular weight excluding hydrogens is 254 g/mol. The Morgan fingerprint density at radius 3 is 2.37 bits per heavy atom. The number of nitrogens with zero attached hydrogens (tertiary/aromatic N) is 1. The van der Waals surface area contributed by atoms with Crippen LogP contribution in [0.5, 0.6) is 0 Å². The summed E-state index contributed by atoms with van der Waals surface area (Å²) in [5.74, 6) is 0.293. The van der Waals surface area contributed by atoms with E-state index in [1.54, 1.807) is 11.3 Å². The number of likely N-dealkylation sites (tertiary alicyclic amines) is 1. The molecule has 0 unspecified atom stereocenters. The molecule has 104 valence electrons. The van der Waals surface area contributed by atoms with Crippen molar-refractivity contribution in [1.29, 1.82) is 0 Å². The van der Waals surface area contributed by atoms with Gasteiger partial charge in [-0.25, -0.2) is 0 Å². The Morgan fingerprint density at radius 1 is 0.947 bits per heavy atom. The average molecular weight is 277 g/mol. The van der Waals surface area contributed by atoms with Crippen molar-refractivity contribution in [2.45, 2.75) is 57.8 Å². The zero-order valence-electron chi connectivity index (χ0n) is 11.6. The number of carbonyl (C=O) groups is 1. The maximum absolute atomic E-state index is 12.6. The molecule has 2 nitrogen and oxygen atoms in total. The minimum atomic E-state index is 0.293. The number of carbonyl (C=O) groups excluding carboxylic acids is 1. The van der Waals surface area contributed by atoms with Gasteiger partial charge in [0.25, 0.3) is 5.91 Å². The molecule has 1 aromatic heterocycles. The number of fused-ring (bicyclic) bond motifs is 1. The van der Waals surface area contributed by atoms with Crippen LogP contribution in [0.15, 0.2) is 6.07 Å². The predicted molar refractivity (Wildman–Crippen MR) is 79.9 cm³/mol. The van der Waals surface area contributed by atoms with Crippen molar-refractivity contribution in [2.24, 2.45) is 0 Å². The minimum absolute atomic E-state index is 0.293. The Labute approximate surface area is 119 Å². The molecule has 0 saturated carbocycles. The summed E-state index contributed by atoms with van der Waals surface area (Å²) < 4.78 is 0. The third-order valence-electron chi connectivity index (χ3n) is 4.35. The predicted octanol–water partition coefficient (Wildman–Crippen LogP) is 4.03. The smallest absolute Gasteiger partial charge is 0.263 e. The summed E-state index contributed by atoms with van der Waals surface area (Å²) in [4.78, 5) is 17.2. The fourth-order valence-electron chi connectivity index (χ4n) is 3.20. The molecule has 0 atom stereocenters. The van der Waals surface area contributed by atoms with Crippen molar-refractivity contribution in [2.75, 3.05) is 13.1 Å². The van der Waals surface area contributed by atoms with Gasteiger partial charge in [-0.3, -0.25) is 4.79 Å². The zero-order chi connectivity index (χ0) is 13.1. The molecule has 19 heavy (non-hydrogen) atoms. The molecule has 3 rings (SSSR count). The van der Waals surface area contributed by atoms with Gasteiger partial charge in [0.1, 0.15) is 0 Å². The quantitative estimate of drug-likeness (QED) is 0.759. The Kier molecular flexibility index (Phi) is 4.21. The second-order valence-electron chi connectivity index (χ2n) is 5.83. The second-order valence-corrected chi connectivity index (χ2v) is 6.96. The van der Waals surface area contributed by atoms with Crippen LogP contribution in [0, 0.1) is 0 Å². The molecule has 2 aliphatic rings. The van der Waals surface area contributed by atoms with Crippen molar-refractivity contribution >= 4 is 17.2 Å². The Morgan fingerprint density at radius 2 is 1.63 bits per heavy atom. The first-order valence-electron chi connectivity index (χ1n) is 7.75. The Balaban J connectivity index is 1.72. The maximum atomic E-state index is 12.6. The first-order chi connectivity index (χ1) is 9.34. The molecule has 1 aromatic rings. The van der Waals surface area contributed by atoms with Gasteiger partial charge in [-0.2, -0.15) is 0 Å². The monoisotopic (exact) mass is 277 g/mol. The van der Waals surface area contributed by atoms with Gasteiger partial charge in [-0.15, -0.1) is 11.3 Å². The van der Waals surface area contributed by atoms with E-state index in [4.69, 9.17) is 0 Å². The highest BCUT2D eigenvalue weighted by atomic mass is 32.1. The van der Waals surface area contributed by atoms with Gasteiger partial charge in [0.15, 0.2) is 0 Å². The lowest BCUT2D eigenvalue weighted by Crippen LogP contribution is -2.33. The van der Waals surface area contributed by atoms with E-state index in [9.17, 15) is 4.79 Å². The summed E-state index contributed by atoms with van der Waals surface area (Å²) in [7, 11) is 0. The molecule has 3 heteroatoms. The van der Waals surface area contributed by atoms with Crippen molar-refractivity contribution in [1.82, 2.24) is 4.90 Å². The number of rotatable bonds is 1. The van der Waals surface area contributed by atoms with Crippen LogP contribution in [0.1, 0.15) is 65.1 Å². The molecule has 1 amide bonds. The fraction of sp³-hybridized carbons (Fsp3) is 0.688. The summed E-state index contributed by atoms with van der Waals surface area (Å²) in [6.45, 7) is 1.92. The van der Waals surface area contributed by atoms with Gasteiger partial charge in [0, 0.05) is 18.0 Å². The Hall–Kier alpha value is -0.830. The van der Waals surface area contributed by atoms with Gasteiger partial charge in [0.2, 0.25) is 0 Å². The lowest BCUT2D eigenvalue weighted by Gasteiger charge is -2.24. The largest absolute Gasteiger partial charge is 0.338 e. The molecule has 1 saturated heterocycles. The molecule has 0 aromatic carbocycles. The van der Waals surface area contributed by atoms with Crippen LogP contribution in [0.25, 0.3) is 0 Å². The SMILES string of the molecule is O=C(c1cc2c(s1)CCCC2)N1CCCCCCC1. The van der Waals surface area contributed by atoms with Crippen LogP contribution in [0.3, 0.4) is 0 Å². The summed E-state index contributed by atoms with van der Waals surface area (Å²) >= 11 is 1.76. The summed E-state index contributed by atoms with van der Waals surface area (Å²) in [6.07, 6.45) is 11.2. The standard InChI is InChI=1S/C16H23NOS/c18-16(17-10-6-2-1-3-7-11-17)15-12-13-8-4-5-9-14(13)19-15/h12H,1-11H2. The summed E-state index contributed by atoms with van der Waals surface area (Å²) in [5, 5.41) is 0. The number of hydrogen-bond donors (Lipinski definition) is 0. The second kappa shape index (κ2) is 6.08. The highest BCUT2D eigenvalue weighted by Gasteiger charge is 2.21. The number of thiophene rings is 1. The lowest BCUT2D eigenvalue weighted by molar-refractivity contribution is 0.0747. The van der Waals surface area contributed by atoms with Gasteiger partial charge in [-0.05, 0) is 50.2 Å². The van der Waals surface area contributed by atoms with E-state index >= 15 is 0 Å². The fourth-order valence-corrected chi connectivity index (χ4v) is 4.42. The summed E-state index contributed by atoms with van der Waals surface area (Å²) in [6, 6.07) is 2.18. The van der Waals surface area contributed by atoms with Gasteiger partial charge < -0.3 is 4.90 Å². The topological polar surface area (TPSA) is 20.3 Å². The summed E-state index contributed by atoms with van der Waals surface area (Å²) in [5.41, 5.74) is 1.45. The maximum Gasteiger partial charge on any atom is 0.263 e. The van der Waals surface area contributed by atoms with Crippen LogP contribution >= 0.6 is 11.3 Å². The number of amides is 1. The first-order valence-corrected chi connectivity index (χ1v) is 8.57. The van der Waals surface area contributed by atoms with E-state index in [0.717, 1.165) is 18.0 Å². The molecule has 2 heterocycles. The first kappa shape index (κ1) is 13.2. The molecule has 0 spiro atoms. The lowest BCUT2D eigenvalue weighted by atomic mass is 9.99. The molecular formula is C16H23NOS. The van der Waals surface area contributed by atoms with Crippen molar-refractivity contribution < 1.29 is 4.79 Å². The van der Waals surface area contributed by atoms with Crippen LogP contribution < -0.4 is 0 Å². The molecule has 1 fully saturated rings. The minimum Gasteiger partial charge on any atom is -0.338 e. The van der Waals surface area contributed by atoms with Crippen LogP contribution in [0.4, 0.5) is 0 Å². The third kappa shape index (κ3) is 3.02. The molecule has 1 aliphatic heterocycles. The van der Waals surface area contributed by atoms with E-state index in [0.29, 0.717) is 5.91 Å². The van der Waals surface area contributed by atoms with Gasteiger partial charge in [-0.1, -0.05) is 19.3 Å². The third-order valence-corrected chi connectivity index (χ3v) is 5.58. The average Bonchev–Trinajstić information content (AvgIpc) is 2.81. The van der Waals surface area contributed by atoms with Gasteiger partial charge in [0.05, 0.1) is 4.88 Å². The van der Waals surface area contributed by atoms with Crippen LogP contribution in [-0.4, -0.2) is 23.9 Å². The van der Waals surface area contributed by atoms with E-state index in [1.807, 2.05) is 0 Å². The van der Waals surface area contributed by atoms with Crippen LogP contribution in [0.2, 0.25) is 0 Å². The van der Waals surface area contributed by atoms with E-state index in [2.05, 4.69) is 11.0 Å². The van der Waals surface area contributed by atoms with E-state index in [1.165, 1.54) is 68.2 Å². The molecule has 0 bridgehead atoms. The molecule has 0 radical (unpaired) electrons. The number of aryl methyl sites for hydroxylation is 2. The highest BCUT2D eigenvalue weighted by Crippen LogP contribution is 2.30. The van der Waals surface area contributed by atoms with E-state index in [-0.39, 0.29) is 0 Å². The van der Waals surface area contributed by atoms with Crippen molar-refractivity contribution in [3.05, 3.63) is 21.4 Å². The van der Waals surface area contributed by atoms with E-state index < -0.39 is 0 Å². The van der Waals surface area contributed by atoms with Gasteiger partial charge >= 0.3 is 0 Å². The molecule has 1 aliphatic carbocycles.